The van der Waals surface area contributed by atoms with Crippen molar-refractivity contribution in [2.45, 2.75) is 11.8 Å². The van der Waals surface area contributed by atoms with E-state index in [2.05, 4.69) is 24.3 Å². The third kappa shape index (κ3) is 1.19. The normalized spacial score (nSPS) is 31.0. The fourth-order valence-corrected chi connectivity index (χ4v) is 4.70. The maximum atomic E-state index is 12.5. The van der Waals surface area contributed by atoms with Crippen LogP contribution >= 0.6 is 0 Å². The van der Waals surface area contributed by atoms with E-state index in [9.17, 15) is 9.59 Å². The van der Waals surface area contributed by atoms with Crippen LogP contribution < -0.4 is 5.84 Å². The third-order valence-corrected chi connectivity index (χ3v) is 5.48. The van der Waals surface area contributed by atoms with Crippen LogP contribution in [0.1, 0.15) is 34.1 Å². The Bertz CT molecular complexity index is 729. The molecule has 1 saturated heterocycles. The lowest BCUT2D eigenvalue weighted by Crippen LogP contribution is -2.41. The molecule has 1 fully saturated rings. The van der Waals surface area contributed by atoms with Crippen LogP contribution in [0.15, 0.2) is 48.5 Å². The van der Waals surface area contributed by atoms with Crippen LogP contribution in [-0.4, -0.2) is 16.8 Å². The molecule has 0 aromatic heterocycles. The molecule has 0 unspecified atom stereocenters. The van der Waals surface area contributed by atoms with Crippen molar-refractivity contribution in [1.82, 2.24) is 5.01 Å². The molecule has 2 N–H and O–H groups in total. The number of carbonyl (C=O) groups excluding carboxylic acids is 2. The molecular weight excluding hydrogens is 276 g/mol. The van der Waals surface area contributed by atoms with Crippen molar-refractivity contribution in [3.8, 4) is 0 Å². The van der Waals surface area contributed by atoms with Crippen LogP contribution in [0.4, 0.5) is 0 Å². The van der Waals surface area contributed by atoms with E-state index in [1.165, 1.54) is 22.3 Å². The standard InChI is InChI=1S/C18H14N2O2/c19-20-17(21)15-13-9-5-1-2-6-10(9)14(16(15)18(20)22)12-8-4-3-7-11(12)13/h1-8,13-16H,19H2/t13?,14?,15-,16+. The zero-order valence-corrected chi connectivity index (χ0v) is 11.8. The molecule has 2 aromatic rings. The van der Waals surface area contributed by atoms with Gasteiger partial charge in [0.25, 0.3) is 0 Å². The highest BCUT2D eigenvalue weighted by molar-refractivity contribution is 6.07. The molecule has 2 amide bonds. The highest BCUT2D eigenvalue weighted by Crippen LogP contribution is 2.60. The van der Waals surface area contributed by atoms with Crippen LogP contribution in [0.3, 0.4) is 0 Å². The van der Waals surface area contributed by atoms with Crippen molar-refractivity contribution < 1.29 is 9.59 Å². The van der Waals surface area contributed by atoms with E-state index in [1.54, 1.807) is 0 Å². The molecule has 108 valence electrons. The second-order valence-electron chi connectivity index (χ2n) is 6.31. The number of carbonyl (C=O) groups is 2. The van der Waals surface area contributed by atoms with Gasteiger partial charge in [-0.25, -0.2) is 10.9 Å². The van der Waals surface area contributed by atoms with E-state index >= 15 is 0 Å². The number of imide groups is 1. The number of benzene rings is 2. The molecule has 4 heteroatoms. The Balaban J connectivity index is 1.86. The fraction of sp³-hybridized carbons (Fsp3) is 0.222. The van der Waals surface area contributed by atoms with Crippen molar-refractivity contribution in [3.05, 3.63) is 70.8 Å². The Hall–Kier alpha value is -2.46. The summed E-state index contributed by atoms with van der Waals surface area (Å²) in [5, 5.41) is 0.840. The Morgan fingerprint density at radius 3 is 1.32 bits per heavy atom. The van der Waals surface area contributed by atoms with Crippen molar-refractivity contribution in [1.29, 1.82) is 0 Å². The average molecular weight is 290 g/mol. The maximum absolute atomic E-state index is 12.5. The van der Waals surface area contributed by atoms with Crippen molar-refractivity contribution >= 4 is 11.8 Å². The minimum absolute atomic E-state index is 0.0626. The molecule has 6 rings (SSSR count). The van der Waals surface area contributed by atoms with Gasteiger partial charge in [-0.2, -0.15) is 0 Å². The number of nitrogens with zero attached hydrogens (tertiary/aromatic N) is 1. The minimum atomic E-state index is -0.354. The van der Waals surface area contributed by atoms with Gasteiger partial charge >= 0.3 is 0 Å². The molecule has 3 aliphatic carbocycles. The van der Waals surface area contributed by atoms with E-state index in [0.29, 0.717) is 0 Å². The lowest BCUT2D eigenvalue weighted by Gasteiger charge is -2.45. The molecule has 4 aliphatic rings. The number of hydrogen-bond donors (Lipinski definition) is 1. The fourth-order valence-electron chi connectivity index (χ4n) is 4.70. The van der Waals surface area contributed by atoms with Crippen molar-refractivity contribution in [3.63, 3.8) is 0 Å². The monoisotopic (exact) mass is 290 g/mol. The van der Waals surface area contributed by atoms with E-state index in [0.717, 1.165) is 5.01 Å². The number of hydrogen-bond acceptors (Lipinski definition) is 3. The Morgan fingerprint density at radius 2 is 1.00 bits per heavy atom. The first-order valence-electron chi connectivity index (χ1n) is 7.50. The molecule has 2 bridgehead atoms. The molecule has 22 heavy (non-hydrogen) atoms. The largest absolute Gasteiger partial charge is 0.273 e. The predicted molar refractivity (Wildman–Crippen MR) is 79.6 cm³/mol. The second kappa shape index (κ2) is 3.84. The number of rotatable bonds is 0. The summed E-state index contributed by atoms with van der Waals surface area (Å²) in [6, 6.07) is 16.3. The summed E-state index contributed by atoms with van der Waals surface area (Å²) in [6.07, 6.45) is 0. The van der Waals surface area contributed by atoms with E-state index in [1.807, 2.05) is 24.3 Å². The molecule has 0 saturated carbocycles. The van der Waals surface area contributed by atoms with Gasteiger partial charge in [0.2, 0.25) is 11.8 Å². The van der Waals surface area contributed by atoms with Gasteiger partial charge in [-0.1, -0.05) is 48.5 Å². The van der Waals surface area contributed by atoms with Crippen LogP contribution in [0, 0.1) is 11.8 Å². The summed E-state index contributed by atoms with van der Waals surface area (Å²) in [6.45, 7) is 0. The summed E-state index contributed by atoms with van der Waals surface area (Å²) in [7, 11) is 0. The van der Waals surface area contributed by atoms with Crippen LogP contribution in [0.5, 0.6) is 0 Å². The molecular formula is C18H14N2O2. The van der Waals surface area contributed by atoms with E-state index in [-0.39, 0.29) is 35.5 Å². The molecule has 2 aromatic carbocycles. The Kier molecular flexibility index (Phi) is 2.12. The number of hydrazine groups is 1. The van der Waals surface area contributed by atoms with Gasteiger partial charge in [-0.05, 0) is 22.3 Å². The maximum Gasteiger partial charge on any atom is 0.248 e. The minimum Gasteiger partial charge on any atom is -0.273 e. The van der Waals surface area contributed by atoms with Gasteiger partial charge in [0.1, 0.15) is 0 Å². The highest BCUT2D eigenvalue weighted by atomic mass is 16.2. The molecule has 0 radical (unpaired) electrons. The summed E-state index contributed by atoms with van der Waals surface area (Å²) in [4.78, 5) is 25.1. The van der Waals surface area contributed by atoms with E-state index < -0.39 is 0 Å². The second-order valence-corrected chi connectivity index (χ2v) is 6.31. The third-order valence-electron chi connectivity index (χ3n) is 5.48. The Morgan fingerprint density at radius 1 is 0.682 bits per heavy atom. The quantitative estimate of drug-likeness (QED) is 0.457. The lowest BCUT2D eigenvalue weighted by atomic mass is 9.55. The summed E-state index contributed by atoms with van der Waals surface area (Å²) in [5.41, 5.74) is 4.68. The summed E-state index contributed by atoms with van der Waals surface area (Å²) < 4.78 is 0. The van der Waals surface area contributed by atoms with Gasteiger partial charge in [0.15, 0.2) is 0 Å². The average Bonchev–Trinajstić information content (AvgIpc) is 2.80. The first-order valence-corrected chi connectivity index (χ1v) is 7.50. The Labute approximate surface area is 127 Å². The predicted octanol–water partition coefficient (Wildman–Crippen LogP) is 1.75. The summed E-state index contributed by atoms with van der Waals surface area (Å²) >= 11 is 0. The number of nitrogens with two attached hydrogens (primary N) is 1. The number of amides is 2. The lowest BCUT2D eigenvalue weighted by molar-refractivity contribution is -0.140. The van der Waals surface area contributed by atoms with E-state index in [4.69, 9.17) is 5.84 Å². The molecule has 4 nitrogen and oxygen atoms in total. The zero-order valence-electron chi connectivity index (χ0n) is 11.8. The van der Waals surface area contributed by atoms with Crippen LogP contribution in [-0.2, 0) is 9.59 Å². The highest BCUT2D eigenvalue weighted by Gasteiger charge is 2.61. The van der Waals surface area contributed by atoms with Crippen molar-refractivity contribution in [2.75, 3.05) is 0 Å². The first kappa shape index (κ1) is 12.1. The SMILES string of the molecule is NN1C(=O)[C@@H]2C3c4ccccc4C(c4ccccc43)[C@@H]2C1=O. The van der Waals surface area contributed by atoms with Gasteiger partial charge in [-0.15, -0.1) is 0 Å². The molecule has 1 aliphatic heterocycles. The van der Waals surface area contributed by atoms with Crippen LogP contribution in [0.25, 0.3) is 0 Å². The topological polar surface area (TPSA) is 63.4 Å². The van der Waals surface area contributed by atoms with Crippen molar-refractivity contribution in [2.24, 2.45) is 17.7 Å². The first-order chi connectivity index (χ1) is 10.7. The van der Waals surface area contributed by atoms with Crippen LogP contribution in [0.2, 0.25) is 0 Å². The molecule has 2 atom stereocenters. The zero-order chi connectivity index (χ0) is 15.0. The smallest absolute Gasteiger partial charge is 0.248 e. The van der Waals surface area contributed by atoms with Gasteiger partial charge < -0.3 is 0 Å². The molecule has 1 heterocycles. The van der Waals surface area contributed by atoms with Gasteiger partial charge in [0.05, 0.1) is 11.8 Å². The van der Waals surface area contributed by atoms with Gasteiger partial charge in [0, 0.05) is 11.8 Å². The summed E-state index contributed by atoms with van der Waals surface area (Å²) in [5.74, 6) is 4.42. The molecule has 0 spiro atoms. The van der Waals surface area contributed by atoms with Gasteiger partial charge in [-0.3, -0.25) is 9.59 Å².